The fraction of sp³-hybridized carbons (Fsp3) is 0.400. The summed E-state index contributed by atoms with van der Waals surface area (Å²) in [5.41, 5.74) is 2.00. The van der Waals surface area contributed by atoms with E-state index in [9.17, 15) is 4.79 Å². The third-order valence-corrected chi connectivity index (χ3v) is 4.82. The van der Waals surface area contributed by atoms with Gasteiger partial charge in [-0.05, 0) is 25.8 Å². The summed E-state index contributed by atoms with van der Waals surface area (Å²) in [6.45, 7) is 6.21. The van der Waals surface area contributed by atoms with Crippen molar-refractivity contribution in [2.24, 2.45) is 0 Å². The van der Waals surface area contributed by atoms with Gasteiger partial charge in [0.05, 0.1) is 5.75 Å². The van der Waals surface area contributed by atoms with Gasteiger partial charge in [0.2, 0.25) is 5.13 Å². The maximum atomic E-state index is 12.1. The van der Waals surface area contributed by atoms with E-state index in [1.165, 1.54) is 28.7 Å². The van der Waals surface area contributed by atoms with Crippen LogP contribution in [0.25, 0.3) is 0 Å². The minimum Gasteiger partial charge on any atom is -0.358 e. The number of nitrogens with one attached hydrogen (secondary N) is 1. The molecule has 0 unspecified atom stereocenters. The fourth-order valence-electron chi connectivity index (χ4n) is 1.71. The van der Waals surface area contributed by atoms with Crippen LogP contribution in [0.1, 0.15) is 36.7 Å². The number of carbonyl (C=O) groups is 1. The zero-order valence-corrected chi connectivity index (χ0v) is 14.1. The summed E-state index contributed by atoms with van der Waals surface area (Å²) in [7, 11) is 0. The lowest BCUT2D eigenvalue weighted by Crippen LogP contribution is -2.08. The number of nitrogens with zero attached hydrogens (tertiary/aromatic N) is 2. The summed E-state index contributed by atoms with van der Waals surface area (Å²) in [6.07, 6.45) is 0.986. The fourth-order valence-corrected chi connectivity index (χ4v) is 3.50. The normalized spacial score (nSPS) is 10.9. The number of benzene rings is 1. The molecule has 0 spiro atoms. The van der Waals surface area contributed by atoms with Gasteiger partial charge in [-0.1, -0.05) is 54.3 Å². The molecule has 4 nitrogen and oxygen atoms in total. The van der Waals surface area contributed by atoms with Gasteiger partial charge in [-0.3, -0.25) is 4.79 Å². The number of ketones is 1. The van der Waals surface area contributed by atoms with Gasteiger partial charge in [-0.25, -0.2) is 0 Å². The zero-order valence-electron chi connectivity index (χ0n) is 12.4. The Labute approximate surface area is 133 Å². The van der Waals surface area contributed by atoms with E-state index in [1.807, 2.05) is 24.3 Å². The molecule has 1 aromatic carbocycles. The first kappa shape index (κ1) is 16.0. The van der Waals surface area contributed by atoms with E-state index >= 15 is 0 Å². The van der Waals surface area contributed by atoms with Crippen molar-refractivity contribution in [3.05, 3.63) is 35.4 Å². The molecule has 2 aromatic rings. The highest BCUT2D eigenvalue weighted by Crippen LogP contribution is 2.26. The Morgan fingerprint density at radius 2 is 2.00 bits per heavy atom. The van der Waals surface area contributed by atoms with Gasteiger partial charge >= 0.3 is 0 Å². The first-order chi connectivity index (χ1) is 10.1. The average Bonchev–Trinajstić information content (AvgIpc) is 2.91. The molecule has 0 aliphatic rings. The second-order valence-electron chi connectivity index (χ2n) is 4.93. The van der Waals surface area contributed by atoms with Gasteiger partial charge in [0.1, 0.15) is 0 Å². The number of rotatable bonds is 7. The first-order valence-corrected chi connectivity index (χ1v) is 8.73. The number of carbonyl (C=O) groups excluding carboxylic acids is 1. The highest BCUT2D eigenvalue weighted by atomic mass is 32.2. The van der Waals surface area contributed by atoms with Crippen molar-refractivity contribution in [1.29, 1.82) is 0 Å². The molecule has 0 saturated carbocycles. The van der Waals surface area contributed by atoms with Gasteiger partial charge < -0.3 is 5.32 Å². The molecule has 0 aliphatic heterocycles. The third kappa shape index (κ3) is 4.82. The molecule has 0 aliphatic carbocycles. The first-order valence-electron chi connectivity index (χ1n) is 6.93. The largest absolute Gasteiger partial charge is 0.358 e. The van der Waals surface area contributed by atoms with E-state index in [0.717, 1.165) is 21.5 Å². The van der Waals surface area contributed by atoms with Crippen LogP contribution in [0.3, 0.4) is 0 Å². The summed E-state index contributed by atoms with van der Waals surface area (Å²) in [5.74, 6) is 0.512. The quantitative estimate of drug-likeness (QED) is 0.619. The predicted molar refractivity (Wildman–Crippen MR) is 89.5 cm³/mol. The van der Waals surface area contributed by atoms with Crippen LogP contribution in [-0.2, 0) is 6.42 Å². The minimum atomic E-state index is 0.122. The van der Waals surface area contributed by atoms with E-state index in [0.29, 0.717) is 11.8 Å². The molecule has 0 atom stereocenters. The van der Waals surface area contributed by atoms with Crippen molar-refractivity contribution in [2.45, 2.75) is 37.6 Å². The highest BCUT2D eigenvalue weighted by molar-refractivity contribution is 8.01. The molecule has 1 aromatic heterocycles. The summed E-state index contributed by atoms with van der Waals surface area (Å²) in [4.78, 5) is 12.1. The number of aryl methyl sites for hydroxylation is 1. The Balaban J connectivity index is 1.89. The summed E-state index contributed by atoms with van der Waals surface area (Å²) < 4.78 is 0.816. The molecule has 0 bridgehead atoms. The molecule has 2 rings (SSSR count). The Morgan fingerprint density at radius 1 is 1.29 bits per heavy atom. The van der Waals surface area contributed by atoms with Crippen LogP contribution in [0.5, 0.6) is 0 Å². The van der Waals surface area contributed by atoms with E-state index in [-0.39, 0.29) is 5.78 Å². The Morgan fingerprint density at radius 3 is 2.62 bits per heavy atom. The van der Waals surface area contributed by atoms with Crippen molar-refractivity contribution < 1.29 is 4.79 Å². The number of hydrogen-bond acceptors (Lipinski definition) is 6. The predicted octanol–water partition coefficient (Wildman–Crippen LogP) is 3.90. The van der Waals surface area contributed by atoms with Gasteiger partial charge in [-0.2, -0.15) is 0 Å². The van der Waals surface area contributed by atoms with E-state index in [4.69, 9.17) is 0 Å². The molecule has 1 heterocycles. The second kappa shape index (κ2) is 7.56. The molecule has 0 radical (unpaired) electrons. The van der Waals surface area contributed by atoms with Crippen LogP contribution < -0.4 is 5.32 Å². The zero-order chi connectivity index (χ0) is 15.2. The van der Waals surface area contributed by atoms with Gasteiger partial charge in [0.25, 0.3) is 0 Å². The standard InChI is InChI=1S/C15H19N3OS2/c1-4-11-5-7-12(8-6-11)13(19)9-20-15-18-17-14(21-15)16-10(2)3/h5-8,10H,4,9H2,1-3H3,(H,16,17). The van der Waals surface area contributed by atoms with Crippen molar-refractivity contribution in [2.75, 3.05) is 11.1 Å². The molecule has 6 heteroatoms. The second-order valence-corrected chi connectivity index (χ2v) is 7.13. The van der Waals surface area contributed by atoms with Crippen LogP contribution in [0, 0.1) is 0 Å². The molecule has 21 heavy (non-hydrogen) atoms. The lowest BCUT2D eigenvalue weighted by atomic mass is 10.1. The Kier molecular flexibility index (Phi) is 5.76. The van der Waals surface area contributed by atoms with Crippen LogP contribution >= 0.6 is 23.1 Å². The lowest BCUT2D eigenvalue weighted by molar-refractivity contribution is 0.102. The maximum absolute atomic E-state index is 12.1. The van der Waals surface area contributed by atoms with E-state index in [2.05, 4.69) is 36.3 Å². The van der Waals surface area contributed by atoms with Crippen LogP contribution in [-0.4, -0.2) is 27.8 Å². The number of hydrogen-bond donors (Lipinski definition) is 1. The van der Waals surface area contributed by atoms with Crippen LogP contribution in [0.15, 0.2) is 28.6 Å². The highest BCUT2D eigenvalue weighted by Gasteiger charge is 2.10. The molecule has 0 saturated heterocycles. The lowest BCUT2D eigenvalue weighted by Gasteiger charge is -2.03. The van der Waals surface area contributed by atoms with Gasteiger partial charge in [-0.15, -0.1) is 10.2 Å². The number of thioether (sulfide) groups is 1. The van der Waals surface area contributed by atoms with E-state index < -0.39 is 0 Å². The number of Topliss-reactive ketones (excluding diaryl/α,β-unsaturated/α-hetero) is 1. The van der Waals surface area contributed by atoms with Crippen molar-refractivity contribution in [3.63, 3.8) is 0 Å². The van der Waals surface area contributed by atoms with Crippen molar-refractivity contribution >= 4 is 34.0 Å². The van der Waals surface area contributed by atoms with Gasteiger partial charge in [0.15, 0.2) is 10.1 Å². The van der Waals surface area contributed by atoms with E-state index in [1.54, 1.807) is 0 Å². The molecule has 0 fully saturated rings. The summed E-state index contributed by atoms with van der Waals surface area (Å²) in [6, 6.07) is 8.14. The Hall–Kier alpha value is -1.40. The number of anilines is 1. The number of aromatic nitrogens is 2. The third-order valence-electron chi connectivity index (χ3n) is 2.83. The molecule has 1 N–H and O–H groups in total. The molecule has 112 valence electrons. The maximum Gasteiger partial charge on any atom is 0.206 e. The van der Waals surface area contributed by atoms with Crippen molar-refractivity contribution in [3.8, 4) is 0 Å². The Bertz CT molecular complexity index is 593. The molecular weight excluding hydrogens is 302 g/mol. The average molecular weight is 321 g/mol. The minimum absolute atomic E-state index is 0.122. The molecular formula is C15H19N3OS2. The van der Waals surface area contributed by atoms with Crippen LogP contribution in [0.2, 0.25) is 0 Å². The van der Waals surface area contributed by atoms with Crippen LogP contribution in [0.4, 0.5) is 5.13 Å². The summed E-state index contributed by atoms with van der Waals surface area (Å²) in [5, 5.41) is 12.1. The molecule has 0 amide bonds. The van der Waals surface area contributed by atoms with Crippen molar-refractivity contribution in [1.82, 2.24) is 10.2 Å². The smallest absolute Gasteiger partial charge is 0.206 e. The SMILES string of the molecule is CCc1ccc(C(=O)CSc2nnc(NC(C)C)s2)cc1. The summed E-state index contributed by atoms with van der Waals surface area (Å²) >= 11 is 2.92. The monoisotopic (exact) mass is 321 g/mol. The van der Waals surface area contributed by atoms with Gasteiger partial charge in [0, 0.05) is 11.6 Å². The topological polar surface area (TPSA) is 54.9 Å².